The molecule has 0 aliphatic rings. The van der Waals surface area contributed by atoms with Gasteiger partial charge in [-0.2, -0.15) is 0 Å². The van der Waals surface area contributed by atoms with Crippen LogP contribution in [0.15, 0.2) is 82.6 Å². The Morgan fingerprint density at radius 2 is 1.57 bits per heavy atom. The topological polar surface area (TPSA) is 0 Å². The molecule has 0 amide bonds. The van der Waals surface area contributed by atoms with E-state index in [0.29, 0.717) is 0 Å². The summed E-state index contributed by atoms with van der Waals surface area (Å²) in [7, 11) is 0. The average molecular weight is 319 g/mol. The lowest BCUT2D eigenvalue weighted by molar-refractivity contribution is 0.920. The second kappa shape index (κ2) is 7.52. The van der Waals surface area contributed by atoms with E-state index in [1.165, 1.54) is 50.2 Å². The van der Waals surface area contributed by atoms with Crippen LogP contribution < -0.4 is 0 Å². The zero-order valence-electron chi connectivity index (χ0n) is 13.8. The van der Waals surface area contributed by atoms with Crippen molar-refractivity contribution in [1.82, 2.24) is 0 Å². The van der Waals surface area contributed by atoms with Crippen molar-refractivity contribution in [1.29, 1.82) is 0 Å². The molecule has 0 nitrogen and oxygen atoms in total. The average Bonchev–Trinajstić information content (AvgIpc) is 2.58. The smallest absolute Gasteiger partial charge is 0.0651 e. The Bertz CT molecular complexity index is 758. The van der Waals surface area contributed by atoms with Gasteiger partial charge >= 0.3 is 0 Å². The molecule has 0 aliphatic carbocycles. The summed E-state index contributed by atoms with van der Waals surface area (Å²) in [6.45, 7) is 4.39. The maximum Gasteiger partial charge on any atom is 0.166 e. The molecule has 0 unspecified atom stereocenters. The number of benzene rings is 3. The Morgan fingerprint density at radius 1 is 0.826 bits per heavy atom. The number of rotatable bonds is 5. The molecule has 0 aromatic heterocycles. The molecule has 0 saturated heterocycles. The number of hydrogen-bond donors (Lipinski definition) is 0. The van der Waals surface area contributed by atoms with Gasteiger partial charge in [0.15, 0.2) is 9.79 Å². The second-order valence-electron chi connectivity index (χ2n) is 5.91. The Kier molecular flexibility index (Phi) is 5.19. The standard InChI is InChI=1S/C22H22S/c1-3-7-18-11-13-20(14-12-18)23-22-16-17(2)10-15-21(22)19-8-5-4-6-9-19/h4-6,8-16H,3,7H2,1-2H3/p+1. The third kappa shape index (κ3) is 4.05. The fraction of sp³-hybridized carbons (Fsp3) is 0.182. The summed E-state index contributed by atoms with van der Waals surface area (Å²) in [5, 5.41) is 0. The summed E-state index contributed by atoms with van der Waals surface area (Å²) < 4.78 is 0. The van der Waals surface area contributed by atoms with Gasteiger partial charge in [0.25, 0.3) is 0 Å². The monoisotopic (exact) mass is 319 g/mol. The molecule has 3 aromatic carbocycles. The highest BCUT2D eigenvalue weighted by Gasteiger charge is 2.14. The molecule has 0 saturated carbocycles. The molecule has 116 valence electrons. The van der Waals surface area contributed by atoms with Crippen molar-refractivity contribution < 1.29 is 0 Å². The largest absolute Gasteiger partial charge is 0.166 e. The molecule has 1 heteroatoms. The predicted molar refractivity (Wildman–Crippen MR) is 102 cm³/mol. The van der Waals surface area contributed by atoms with E-state index < -0.39 is 0 Å². The maximum atomic E-state index is 2.31. The molecule has 0 atom stereocenters. The van der Waals surface area contributed by atoms with Gasteiger partial charge in [0.2, 0.25) is 0 Å². The molecule has 0 radical (unpaired) electrons. The highest BCUT2D eigenvalue weighted by atomic mass is 32.2. The summed E-state index contributed by atoms with van der Waals surface area (Å²) >= 11 is 1.27. The molecule has 3 rings (SSSR count). The number of thiol groups is 1. The molecule has 23 heavy (non-hydrogen) atoms. The van der Waals surface area contributed by atoms with Gasteiger partial charge in [-0.1, -0.05) is 61.9 Å². The number of hydrogen-bond acceptors (Lipinski definition) is 0. The van der Waals surface area contributed by atoms with Gasteiger partial charge in [0.1, 0.15) is 0 Å². The van der Waals surface area contributed by atoms with E-state index >= 15 is 0 Å². The Morgan fingerprint density at radius 3 is 2.26 bits per heavy atom. The van der Waals surface area contributed by atoms with Gasteiger partial charge in [-0.25, -0.2) is 0 Å². The van der Waals surface area contributed by atoms with Crippen molar-refractivity contribution in [2.24, 2.45) is 0 Å². The first-order valence-corrected chi connectivity index (χ1v) is 9.12. The van der Waals surface area contributed by atoms with E-state index in [0.717, 1.165) is 6.42 Å². The van der Waals surface area contributed by atoms with E-state index in [-0.39, 0.29) is 0 Å². The maximum absolute atomic E-state index is 2.31. The molecule has 0 heterocycles. The van der Waals surface area contributed by atoms with Crippen LogP contribution in [0, 0.1) is 6.92 Å². The molecule has 0 N–H and O–H groups in total. The third-order valence-electron chi connectivity index (χ3n) is 3.96. The zero-order chi connectivity index (χ0) is 16.1. The van der Waals surface area contributed by atoms with E-state index in [1.807, 2.05) is 0 Å². The van der Waals surface area contributed by atoms with Crippen LogP contribution in [0.5, 0.6) is 0 Å². The summed E-state index contributed by atoms with van der Waals surface area (Å²) in [6, 6.07) is 26.5. The van der Waals surface area contributed by atoms with Crippen molar-refractivity contribution in [2.75, 3.05) is 0 Å². The minimum absolute atomic E-state index is 1.16. The fourth-order valence-corrected chi connectivity index (χ4v) is 3.93. The lowest BCUT2D eigenvalue weighted by Crippen LogP contribution is -1.92. The van der Waals surface area contributed by atoms with Crippen molar-refractivity contribution in [3.8, 4) is 11.1 Å². The SMILES string of the molecule is CCCc1ccc([SH+]c2cc(C)ccc2-c2ccccc2)cc1. The van der Waals surface area contributed by atoms with Gasteiger partial charge in [-0.15, -0.1) is 0 Å². The van der Waals surface area contributed by atoms with Crippen LogP contribution in [0.1, 0.15) is 24.5 Å². The van der Waals surface area contributed by atoms with Crippen LogP contribution >= 0.6 is 0 Å². The molecule has 3 aromatic rings. The van der Waals surface area contributed by atoms with E-state index in [9.17, 15) is 0 Å². The highest BCUT2D eigenvalue weighted by Crippen LogP contribution is 2.28. The minimum atomic E-state index is 1.16. The normalized spacial score (nSPS) is 10.7. The zero-order valence-corrected chi connectivity index (χ0v) is 14.7. The van der Waals surface area contributed by atoms with Gasteiger partial charge < -0.3 is 0 Å². The molecular weight excluding hydrogens is 296 g/mol. The number of aryl methyl sites for hydroxylation is 2. The van der Waals surface area contributed by atoms with E-state index in [1.54, 1.807) is 0 Å². The molecule has 0 aliphatic heterocycles. The summed E-state index contributed by atoms with van der Waals surface area (Å²) in [6.07, 6.45) is 2.37. The Labute approximate surface area is 143 Å². The Balaban J connectivity index is 1.91. The highest BCUT2D eigenvalue weighted by molar-refractivity contribution is 7.78. The van der Waals surface area contributed by atoms with E-state index in [4.69, 9.17) is 0 Å². The third-order valence-corrected chi connectivity index (χ3v) is 5.13. The summed E-state index contributed by atoms with van der Waals surface area (Å²) in [5.74, 6) is 0. The molecule has 0 fully saturated rings. The molecular formula is C22H23S+. The summed E-state index contributed by atoms with van der Waals surface area (Å²) in [4.78, 5) is 2.73. The van der Waals surface area contributed by atoms with Crippen molar-refractivity contribution in [3.05, 3.63) is 83.9 Å². The fourth-order valence-electron chi connectivity index (χ4n) is 2.76. The predicted octanol–water partition coefficient (Wildman–Crippen LogP) is 5.85. The lowest BCUT2D eigenvalue weighted by atomic mass is 10.0. The van der Waals surface area contributed by atoms with Crippen LogP contribution in [0.3, 0.4) is 0 Å². The first-order valence-electron chi connectivity index (χ1n) is 8.23. The first kappa shape index (κ1) is 15.9. The molecule has 0 spiro atoms. The first-order chi connectivity index (χ1) is 11.3. The van der Waals surface area contributed by atoms with Crippen LogP contribution in [0.4, 0.5) is 0 Å². The van der Waals surface area contributed by atoms with Crippen LogP contribution in [0.25, 0.3) is 11.1 Å². The van der Waals surface area contributed by atoms with Gasteiger partial charge in [-0.05, 0) is 54.3 Å². The quantitative estimate of drug-likeness (QED) is 0.409. The van der Waals surface area contributed by atoms with Crippen molar-refractivity contribution in [3.63, 3.8) is 0 Å². The van der Waals surface area contributed by atoms with E-state index in [2.05, 4.69) is 86.6 Å². The van der Waals surface area contributed by atoms with Crippen molar-refractivity contribution >= 4 is 11.8 Å². The van der Waals surface area contributed by atoms with Crippen molar-refractivity contribution in [2.45, 2.75) is 36.5 Å². The van der Waals surface area contributed by atoms with Crippen LogP contribution in [-0.4, -0.2) is 0 Å². The van der Waals surface area contributed by atoms with Gasteiger partial charge in [-0.3, -0.25) is 0 Å². The Hall–Kier alpha value is -1.99. The van der Waals surface area contributed by atoms with Crippen LogP contribution in [0.2, 0.25) is 0 Å². The van der Waals surface area contributed by atoms with Crippen LogP contribution in [-0.2, 0) is 18.2 Å². The second-order valence-corrected chi connectivity index (χ2v) is 7.14. The minimum Gasteiger partial charge on any atom is -0.0651 e. The molecule has 0 bridgehead atoms. The lowest BCUT2D eigenvalue weighted by Gasteiger charge is -2.05. The van der Waals surface area contributed by atoms with Gasteiger partial charge in [0, 0.05) is 17.3 Å². The van der Waals surface area contributed by atoms with Gasteiger partial charge in [0.05, 0.1) is 0 Å². The summed E-state index contributed by atoms with van der Waals surface area (Å²) in [5.41, 5.74) is 5.36.